The van der Waals surface area contributed by atoms with E-state index in [4.69, 9.17) is 0 Å². The minimum absolute atomic E-state index is 0.740. The predicted octanol–water partition coefficient (Wildman–Crippen LogP) is 4.71. The maximum Gasteiger partial charge on any atom is 0.0372 e. The van der Waals surface area contributed by atoms with E-state index < -0.39 is 0 Å². The van der Waals surface area contributed by atoms with Crippen LogP contribution in [0.5, 0.6) is 0 Å². The van der Waals surface area contributed by atoms with Gasteiger partial charge in [-0.25, -0.2) is 0 Å². The lowest BCUT2D eigenvalue weighted by Crippen LogP contribution is -2.20. The van der Waals surface area contributed by atoms with Crippen LogP contribution in [0.15, 0.2) is 29.8 Å². The summed E-state index contributed by atoms with van der Waals surface area (Å²) < 4.78 is 0. The zero-order valence-corrected chi connectivity index (χ0v) is 12.1. The number of allylic oxidation sites excluding steroid dienone is 2. The highest BCUT2D eigenvalue weighted by atomic mass is 14.9. The molecule has 18 heavy (non-hydrogen) atoms. The van der Waals surface area contributed by atoms with Crippen molar-refractivity contribution in [1.82, 2.24) is 0 Å². The number of hydrogen-bond acceptors (Lipinski definition) is 1. The average molecular weight is 243 g/mol. The Morgan fingerprint density at radius 2 is 2.00 bits per heavy atom. The summed E-state index contributed by atoms with van der Waals surface area (Å²) in [6.07, 6.45) is 4.99. The predicted molar refractivity (Wildman–Crippen MR) is 80.1 cm³/mol. The van der Waals surface area contributed by atoms with Gasteiger partial charge in [0.1, 0.15) is 0 Å². The molecule has 1 aliphatic carbocycles. The Bertz CT molecular complexity index is 445. The van der Waals surface area contributed by atoms with Crippen molar-refractivity contribution < 1.29 is 0 Å². The van der Waals surface area contributed by atoms with Crippen LogP contribution < -0.4 is 5.32 Å². The van der Waals surface area contributed by atoms with Crippen molar-refractivity contribution in [2.45, 2.75) is 40.5 Å². The SMILES string of the molecule is CC1=CC(C)CC(CNc2cccc(C)c2C)C1. The van der Waals surface area contributed by atoms with Gasteiger partial charge in [0.2, 0.25) is 0 Å². The van der Waals surface area contributed by atoms with Crippen LogP contribution in [0.3, 0.4) is 0 Å². The summed E-state index contributed by atoms with van der Waals surface area (Å²) in [4.78, 5) is 0. The molecule has 98 valence electrons. The van der Waals surface area contributed by atoms with Crippen molar-refractivity contribution >= 4 is 5.69 Å². The van der Waals surface area contributed by atoms with Gasteiger partial charge in [0.25, 0.3) is 0 Å². The van der Waals surface area contributed by atoms with Crippen molar-refractivity contribution in [1.29, 1.82) is 0 Å². The minimum atomic E-state index is 0.740. The largest absolute Gasteiger partial charge is 0.385 e. The maximum atomic E-state index is 3.64. The lowest BCUT2D eigenvalue weighted by atomic mass is 9.83. The average Bonchev–Trinajstić information content (AvgIpc) is 2.30. The van der Waals surface area contributed by atoms with Gasteiger partial charge >= 0.3 is 0 Å². The van der Waals surface area contributed by atoms with Crippen LogP contribution in [0.2, 0.25) is 0 Å². The van der Waals surface area contributed by atoms with E-state index in [0.29, 0.717) is 0 Å². The Morgan fingerprint density at radius 1 is 1.22 bits per heavy atom. The second kappa shape index (κ2) is 5.60. The van der Waals surface area contributed by atoms with Crippen LogP contribution in [-0.2, 0) is 0 Å². The summed E-state index contributed by atoms with van der Waals surface area (Å²) in [5.74, 6) is 1.52. The smallest absolute Gasteiger partial charge is 0.0372 e. The quantitative estimate of drug-likeness (QED) is 0.758. The third-order valence-corrected chi connectivity index (χ3v) is 4.07. The molecule has 0 heterocycles. The van der Waals surface area contributed by atoms with Crippen LogP contribution in [-0.4, -0.2) is 6.54 Å². The number of aryl methyl sites for hydroxylation is 1. The van der Waals surface area contributed by atoms with E-state index >= 15 is 0 Å². The molecule has 0 bridgehead atoms. The normalized spacial score (nSPS) is 23.7. The molecular formula is C17H25N. The number of anilines is 1. The number of benzene rings is 1. The van der Waals surface area contributed by atoms with Gasteiger partial charge in [0.15, 0.2) is 0 Å². The van der Waals surface area contributed by atoms with Crippen molar-refractivity contribution in [3.05, 3.63) is 41.0 Å². The maximum absolute atomic E-state index is 3.64. The molecule has 1 aliphatic rings. The number of nitrogens with one attached hydrogen (secondary N) is 1. The molecule has 0 saturated heterocycles. The van der Waals surface area contributed by atoms with E-state index in [0.717, 1.165) is 18.4 Å². The highest BCUT2D eigenvalue weighted by molar-refractivity contribution is 5.53. The van der Waals surface area contributed by atoms with Gasteiger partial charge in [-0.05, 0) is 62.6 Å². The summed E-state index contributed by atoms with van der Waals surface area (Å²) in [6.45, 7) is 10.1. The summed E-state index contributed by atoms with van der Waals surface area (Å²) in [5, 5.41) is 3.64. The molecule has 0 saturated carbocycles. The first-order valence-electron chi connectivity index (χ1n) is 7.03. The second-order valence-electron chi connectivity index (χ2n) is 5.92. The van der Waals surface area contributed by atoms with Gasteiger partial charge < -0.3 is 5.32 Å². The topological polar surface area (TPSA) is 12.0 Å². The standard InChI is InChI=1S/C17H25N/c1-12-8-13(2)10-16(9-12)11-18-17-7-5-6-14(3)15(17)4/h5-8,12,16,18H,9-11H2,1-4H3. The zero-order valence-electron chi connectivity index (χ0n) is 12.1. The fraction of sp³-hybridized carbons (Fsp3) is 0.529. The lowest BCUT2D eigenvalue weighted by Gasteiger charge is -2.26. The number of rotatable bonds is 3. The second-order valence-corrected chi connectivity index (χ2v) is 5.92. The lowest BCUT2D eigenvalue weighted by molar-refractivity contribution is 0.421. The molecule has 1 heteroatoms. The highest BCUT2D eigenvalue weighted by Crippen LogP contribution is 2.28. The van der Waals surface area contributed by atoms with Crippen LogP contribution in [0.4, 0.5) is 5.69 Å². The van der Waals surface area contributed by atoms with E-state index in [2.05, 4.69) is 57.3 Å². The Kier molecular flexibility index (Phi) is 4.11. The molecule has 0 radical (unpaired) electrons. The highest BCUT2D eigenvalue weighted by Gasteiger charge is 2.17. The molecule has 0 fully saturated rings. The van der Waals surface area contributed by atoms with Crippen molar-refractivity contribution in [3.8, 4) is 0 Å². The molecular weight excluding hydrogens is 218 g/mol. The van der Waals surface area contributed by atoms with E-state index in [9.17, 15) is 0 Å². The Labute approximate surface area is 111 Å². The van der Waals surface area contributed by atoms with Crippen LogP contribution in [0.25, 0.3) is 0 Å². The Morgan fingerprint density at radius 3 is 2.72 bits per heavy atom. The van der Waals surface area contributed by atoms with Crippen LogP contribution in [0.1, 0.15) is 37.8 Å². The molecule has 2 unspecified atom stereocenters. The first-order valence-corrected chi connectivity index (χ1v) is 7.03. The first kappa shape index (κ1) is 13.2. The van der Waals surface area contributed by atoms with E-state index in [1.165, 1.54) is 29.7 Å². The number of hydrogen-bond donors (Lipinski definition) is 1. The monoisotopic (exact) mass is 243 g/mol. The van der Waals surface area contributed by atoms with Crippen molar-refractivity contribution in [2.75, 3.05) is 11.9 Å². The van der Waals surface area contributed by atoms with Gasteiger partial charge in [0.05, 0.1) is 0 Å². The van der Waals surface area contributed by atoms with Crippen molar-refractivity contribution in [2.24, 2.45) is 11.8 Å². The minimum Gasteiger partial charge on any atom is -0.385 e. The third kappa shape index (κ3) is 3.16. The Balaban J connectivity index is 1.96. The summed E-state index contributed by atoms with van der Waals surface area (Å²) in [6, 6.07) is 6.51. The summed E-state index contributed by atoms with van der Waals surface area (Å²) >= 11 is 0. The van der Waals surface area contributed by atoms with Gasteiger partial charge in [0, 0.05) is 12.2 Å². The molecule has 2 rings (SSSR count). The molecule has 0 spiro atoms. The first-order chi connectivity index (χ1) is 8.56. The fourth-order valence-corrected chi connectivity index (χ4v) is 3.04. The third-order valence-electron chi connectivity index (χ3n) is 4.07. The molecule has 2 atom stereocenters. The van der Waals surface area contributed by atoms with Gasteiger partial charge in [-0.2, -0.15) is 0 Å². The molecule has 0 aromatic heterocycles. The fourth-order valence-electron chi connectivity index (χ4n) is 3.04. The van der Waals surface area contributed by atoms with E-state index in [1.807, 2.05) is 0 Å². The molecule has 1 N–H and O–H groups in total. The van der Waals surface area contributed by atoms with Gasteiger partial charge in [-0.15, -0.1) is 0 Å². The van der Waals surface area contributed by atoms with Crippen LogP contribution in [0, 0.1) is 25.7 Å². The molecule has 0 amide bonds. The summed E-state index contributed by atoms with van der Waals surface area (Å²) in [5.41, 5.74) is 5.61. The summed E-state index contributed by atoms with van der Waals surface area (Å²) in [7, 11) is 0. The van der Waals surface area contributed by atoms with E-state index in [1.54, 1.807) is 5.57 Å². The van der Waals surface area contributed by atoms with Gasteiger partial charge in [-0.1, -0.05) is 30.7 Å². The Hall–Kier alpha value is -1.24. The molecule has 1 nitrogen and oxygen atoms in total. The zero-order chi connectivity index (χ0) is 13.1. The van der Waals surface area contributed by atoms with Crippen LogP contribution >= 0.6 is 0 Å². The van der Waals surface area contributed by atoms with E-state index in [-0.39, 0.29) is 0 Å². The van der Waals surface area contributed by atoms with Gasteiger partial charge in [-0.3, -0.25) is 0 Å². The molecule has 0 aliphatic heterocycles. The molecule has 1 aromatic carbocycles. The van der Waals surface area contributed by atoms with Crippen molar-refractivity contribution in [3.63, 3.8) is 0 Å². The molecule has 1 aromatic rings.